The van der Waals surface area contributed by atoms with E-state index in [9.17, 15) is 9.90 Å². The maximum Gasteiger partial charge on any atom is 0.277 e. The van der Waals surface area contributed by atoms with E-state index in [4.69, 9.17) is 4.42 Å². The Labute approximate surface area is 172 Å². The van der Waals surface area contributed by atoms with E-state index in [1.807, 2.05) is 35.5 Å². The standard InChI is InChI=1S/C20H23N5O3S/c1-12-22-23-20(28-12)29-10-19(27)24-8-13-6-17(18(26)7-14(13)9-24)25-11-21-15-4-2-3-5-16(15)25/h2-5,11,13-14,17-18,26H,6-10H2,1H3/t13-,14+,17-,18-/m1/s1. The van der Waals surface area contributed by atoms with Gasteiger partial charge in [0.15, 0.2) is 0 Å². The van der Waals surface area contributed by atoms with Crippen LogP contribution in [0.3, 0.4) is 0 Å². The first-order valence-corrected chi connectivity index (χ1v) is 10.9. The number of aliphatic hydroxyl groups excluding tert-OH is 1. The summed E-state index contributed by atoms with van der Waals surface area (Å²) in [4.78, 5) is 19.1. The molecule has 4 atom stereocenters. The number of aromatic nitrogens is 4. The van der Waals surface area contributed by atoms with Crippen molar-refractivity contribution in [3.05, 3.63) is 36.5 Å². The van der Waals surface area contributed by atoms with Gasteiger partial charge in [0.2, 0.25) is 11.8 Å². The number of fused-ring (bicyclic) bond motifs is 2. The Balaban J connectivity index is 1.25. The van der Waals surface area contributed by atoms with Crippen molar-refractivity contribution >= 4 is 28.7 Å². The highest BCUT2D eigenvalue weighted by atomic mass is 32.2. The fourth-order valence-electron chi connectivity index (χ4n) is 4.70. The van der Waals surface area contributed by atoms with Crippen molar-refractivity contribution in [2.45, 2.75) is 37.1 Å². The van der Waals surface area contributed by atoms with Crippen LogP contribution in [0.25, 0.3) is 11.0 Å². The number of para-hydroxylation sites is 2. The molecule has 0 unspecified atom stereocenters. The average Bonchev–Trinajstić information content (AvgIpc) is 3.43. The number of aryl methyl sites for hydroxylation is 1. The van der Waals surface area contributed by atoms with Crippen molar-refractivity contribution in [2.75, 3.05) is 18.8 Å². The van der Waals surface area contributed by atoms with Crippen LogP contribution in [0, 0.1) is 18.8 Å². The Morgan fingerprint density at radius 1 is 1.24 bits per heavy atom. The third-order valence-corrected chi connectivity index (χ3v) is 6.93. The molecule has 1 N–H and O–H groups in total. The zero-order valence-corrected chi connectivity index (χ0v) is 17.0. The summed E-state index contributed by atoms with van der Waals surface area (Å²) in [6, 6.07) is 8.00. The monoisotopic (exact) mass is 413 g/mol. The molecule has 3 aromatic rings. The first kappa shape index (κ1) is 18.6. The molecular formula is C20H23N5O3S. The number of nitrogens with zero attached hydrogens (tertiary/aromatic N) is 5. The minimum Gasteiger partial charge on any atom is -0.416 e. The molecular weight excluding hydrogens is 390 g/mol. The summed E-state index contributed by atoms with van der Waals surface area (Å²) in [6.07, 6.45) is 2.97. The van der Waals surface area contributed by atoms with E-state index in [0.29, 0.717) is 41.7 Å². The molecule has 0 spiro atoms. The lowest BCUT2D eigenvalue weighted by Crippen LogP contribution is -2.36. The highest BCUT2D eigenvalue weighted by Crippen LogP contribution is 2.42. The number of likely N-dealkylation sites (tertiary alicyclic amines) is 1. The van der Waals surface area contributed by atoms with Gasteiger partial charge in [-0.05, 0) is 36.8 Å². The number of thioether (sulfide) groups is 1. The van der Waals surface area contributed by atoms with E-state index in [-0.39, 0.29) is 11.9 Å². The van der Waals surface area contributed by atoms with Gasteiger partial charge in [0.25, 0.3) is 5.22 Å². The summed E-state index contributed by atoms with van der Waals surface area (Å²) in [5, 5.41) is 19.0. The molecule has 8 nitrogen and oxygen atoms in total. The lowest BCUT2D eigenvalue weighted by Gasteiger charge is -2.36. The third-order valence-electron chi connectivity index (χ3n) is 6.13. The molecule has 152 valence electrons. The molecule has 2 fully saturated rings. The van der Waals surface area contributed by atoms with Gasteiger partial charge in [0, 0.05) is 20.0 Å². The van der Waals surface area contributed by atoms with Crippen LogP contribution in [0.4, 0.5) is 0 Å². The molecule has 2 aliphatic rings. The predicted octanol–water partition coefficient (Wildman–Crippen LogP) is 2.29. The zero-order valence-electron chi connectivity index (χ0n) is 16.1. The van der Waals surface area contributed by atoms with Crippen molar-refractivity contribution in [1.29, 1.82) is 0 Å². The number of hydrogen-bond acceptors (Lipinski definition) is 7. The van der Waals surface area contributed by atoms with Crippen LogP contribution in [0.2, 0.25) is 0 Å². The van der Waals surface area contributed by atoms with Gasteiger partial charge in [-0.15, -0.1) is 10.2 Å². The molecule has 1 aliphatic heterocycles. The Morgan fingerprint density at radius 3 is 2.83 bits per heavy atom. The molecule has 1 saturated heterocycles. The van der Waals surface area contributed by atoms with Gasteiger partial charge in [-0.25, -0.2) is 4.98 Å². The smallest absolute Gasteiger partial charge is 0.277 e. The fourth-order valence-corrected chi connectivity index (χ4v) is 5.41. The number of amides is 1. The Hall–Kier alpha value is -2.39. The molecule has 3 heterocycles. The van der Waals surface area contributed by atoms with E-state index in [2.05, 4.69) is 19.7 Å². The van der Waals surface area contributed by atoms with Crippen molar-refractivity contribution < 1.29 is 14.3 Å². The number of aliphatic hydroxyl groups is 1. The van der Waals surface area contributed by atoms with E-state index in [1.54, 1.807) is 6.92 Å². The Morgan fingerprint density at radius 2 is 2.03 bits per heavy atom. The zero-order chi connectivity index (χ0) is 20.0. The third kappa shape index (κ3) is 3.53. The largest absolute Gasteiger partial charge is 0.416 e. The highest BCUT2D eigenvalue weighted by molar-refractivity contribution is 7.99. The molecule has 1 aromatic carbocycles. The predicted molar refractivity (Wildman–Crippen MR) is 107 cm³/mol. The molecule has 5 rings (SSSR count). The topological polar surface area (TPSA) is 97.3 Å². The maximum atomic E-state index is 12.7. The van der Waals surface area contributed by atoms with Gasteiger partial charge in [-0.3, -0.25) is 4.79 Å². The summed E-state index contributed by atoms with van der Waals surface area (Å²) < 4.78 is 7.43. The van der Waals surface area contributed by atoms with Crippen molar-refractivity contribution in [2.24, 2.45) is 11.8 Å². The van der Waals surface area contributed by atoms with Gasteiger partial charge in [-0.1, -0.05) is 23.9 Å². The summed E-state index contributed by atoms with van der Waals surface area (Å²) in [5.74, 6) is 1.61. The number of hydrogen-bond donors (Lipinski definition) is 1. The second-order valence-corrected chi connectivity index (χ2v) is 8.87. The van der Waals surface area contributed by atoms with Gasteiger partial charge < -0.3 is 19.0 Å². The lowest BCUT2D eigenvalue weighted by atomic mass is 9.77. The number of imidazole rings is 1. The number of benzene rings is 1. The fraction of sp³-hybridized carbons (Fsp3) is 0.500. The van der Waals surface area contributed by atoms with Gasteiger partial charge in [-0.2, -0.15) is 0 Å². The molecule has 2 aromatic heterocycles. The summed E-state index contributed by atoms with van der Waals surface area (Å²) >= 11 is 1.28. The van der Waals surface area contributed by atoms with Crippen LogP contribution in [0.1, 0.15) is 24.8 Å². The minimum atomic E-state index is -0.431. The summed E-state index contributed by atoms with van der Waals surface area (Å²) in [7, 11) is 0. The minimum absolute atomic E-state index is 0.00514. The van der Waals surface area contributed by atoms with E-state index in [1.165, 1.54) is 11.8 Å². The maximum absolute atomic E-state index is 12.7. The Bertz CT molecular complexity index is 1030. The van der Waals surface area contributed by atoms with Gasteiger partial charge >= 0.3 is 0 Å². The van der Waals surface area contributed by atoms with Crippen LogP contribution in [0.5, 0.6) is 0 Å². The second-order valence-electron chi connectivity index (χ2n) is 7.94. The van der Waals surface area contributed by atoms with Crippen LogP contribution >= 0.6 is 11.8 Å². The van der Waals surface area contributed by atoms with E-state index < -0.39 is 6.10 Å². The van der Waals surface area contributed by atoms with E-state index in [0.717, 1.165) is 24.0 Å². The number of carbonyl (C=O) groups excluding carboxylic acids is 1. The molecule has 0 bridgehead atoms. The molecule has 1 saturated carbocycles. The van der Waals surface area contributed by atoms with Gasteiger partial charge in [0.1, 0.15) is 0 Å². The van der Waals surface area contributed by atoms with Crippen molar-refractivity contribution in [3.8, 4) is 0 Å². The normalized spacial score (nSPS) is 26.8. The number of rotatable bonds is 4. The quantitative estimate of drug-likeness (QED) is 0.656. The summed E-state index contributed by atoms with van der Waals surface area (Å²) in [5.41, 5.74) is 1.99. The SMILES string of the molecule is Cc1nnc(SCC(=O)N2C[C@H]3C[C@@H](n4cnc5ccccc54)[C@H](O)C[C@H]3C2)o1. The highest BCUT2D eigenvalue weighted by Gasteiger charge is 2.43. The first-order chi connectivity index (χ1) is 14.1. The van der Waals surface area contributed by atoms with Crippen LogP contribution < -0.4 is 0 Å². The molecule has 29 heavy (non-hydrogen) atoms. The van der Waals surface area contributed by atoms with Crippen LogP contribution in [-0.4, -0.2) is 60.6 Å². The summed E-state index contributed by atoms with van der Waals surface area (Å²) in [6.45, 7) is 3.18. The van der Waals surface area contributed by atoms with Crippen LogP contribution in [0.15, 0.2) is 40.2 Å². The molecule has 1 aliphatic carbocycles. The second kappa shape index (κ2) is 7.46. The molecule has 0 radical (unpaired) electrons. The average molecular weight is 414 g/mol. The van der Waals surface area contributed by atoms with E-state index >= 15 is 0 Å². The first-order valence-electron chi connectivity index (χ1n) is 9.89. The number of carbonyl (C=O) groups is 1. The lowest BCUT2D eigenvalue weighted by molar-refractivity contribution is -0.127. The Kier molecular flexibility index (Phi) is 4.79. The van der Waals surface area contributed by atoms with Gasteiger partial charge in [0.05, 0.1) is 35.3 Å². The molecule has 9 heteroatoms. The van der Waals surface area contributed by atoms with Crippen LogP contribution in [-0.2, 0) is 4.79 Å². The molecule has 1 amide bonds. The van der Waals surface area contributed by atoms with Crippen molar-refractivity contribution in [3.63, 3.8) is 0 Å². The van der Waals surface area contributed by atoms with Crippen molar-refractivity contribution in [1.82, 2.24) is 24.6 Å².